The van der Waals surface area contributed by atoms with E-state index in [-0.39, 0.29) is 12.5 Å². The van der Waals surface area contributed by atoms with Crippen LogP contribution < -0.4 is 15.0 Å². The van der Waals surface area contributed by atoms with Gasteiger partial charge in [0.1, 0.15) is 11.6 Å². The Balaban J connectivity index is 1.38. The molecule has 0 saturated carbocycles. The minimum Gasteiger partial charge on any atom is -0.484 e. The lowest BCUT2D eigenvalue weighted by atomic mass is 10.2. The predicted octanol–water partition coefficient (Wildman–Crippen LogP) is 1.89. The largest absolute Gasteiger partial charge is 0.484 e. The summed E-state index contributed by atoms with van der Waals surface area (Å²) in [5.74, 6) is 1.40. The molecule has 1 aliphatic rings. The number of nitrogens with one attached hydrogen (secondary N) is 1. The number of aryl methyl sites for hydroxylation is 1. The van der Waals surface area contributed by atoms with Crippen LogP contribution in [-0.2, 0) is 16.1 Å². The molecule has 0 bridgehead atoms. The monoisotopic (exact) mass is 442 g/mol. The van der Waals surface area contributed by atoms with Gasteiger partial charge in [0.25, 0.3) is 5.91 Å². The van der Waals surface area contributed by atoms with Crippen molar-refractivity contribution in [3.63, 3.8) is 0 Å². The average Bonchev–Trinajstić information content (AvgIpc) is 3.20. The highest BCUT2D eigenvalue weighted by atomic mass is 32.2. The smallest absolute Gasteiger partial charge is 0.258 e. The number of amides is 1. The zero-order valence-corrected chi connectivity index (χ0v) is 18.5. The van der Waals surface area contributed by atoms with Crippen LogP contribution in [0.5, 0.6) is 5.75 Å². The summed E-state index contributed by atoms with van der Waals surface area (Å²) in [5, 5.41) is 8.98. The molecule has 0 unspecified atom stereocenters. The number of morpholine rings is 1. The van der Waals surface area contributed by atoms with Crippen molar-refractivity contribution in [3.8, 4) is 5.75 Å². The number of ether oxygens (including phenoxy) is 2. The predicted molar refractivity (Wildman–Crippen MR) is 120 cm³/mol. The number of thioether (sulfide) groups is 1. The number of nitrogens with zero attached hydrogens (tertiary/aromatic N) is 5. The number of carbonyl (C=O) groups is 1. The van der Waals surface area contributed by atoms with Gasteiger partial charge < -0.3 is 19.7 Å². The number of hydrogen-bond acceptors (Lipinski definition) is 8. The first-order chi connectivity index (χ1) is 15.1. The zero-order valence-electron chi connectivity index (χ0n) is 17.7. The van der Waals surface area contributed by atoms with E-state index in [9.17, 15) is 4.79 Å². The molecular weight excluding hydrogens is 416 g/mol. The van der Waals surface area contributed by atoms with Gasteiger partial charge in [0.2, 0.25) is 0 Å². The van der Waals surface area contributed by atoms with Gasteiger partial charge in [-0.25, -0.2) is 14.6 Å². The van der Waals surface area contributed by atoms with Crippen molar-refractivity contribution in [1.29, 1.82) is 0 Å². The van der Waals surface area contributed by atoms with Crippen molar-refractivity contribution in [2.45, 2.75) is 18.6 Å². The van der Waals surface area contributed by atoms with Gasteiger partial charge in [-0.1, -0.05) is 23.9 Å². The Morgan fingerprint density at radius 3 is 2.90 bits per heavy atom. The van der Waals surface area contributed by atoms with Crippen molar-refractivity contribution in [2.75, 3.05) is 50.6 Å². The summed E-state index contributed by atoms with van der Waals surface area (Å²) < 4.78 is 12.8. The van der Waals surface area contributed by atoms with Crippen LogP contribution in [0.25, 0.3) is 11.0 Å². The lowest BCUT2D eigenvalue weighted by Crippen LogP contribution is -2.37. The SMILES string of the molecule is CSc1nc(N2CCOCC2)c2cnn(CCNC(=O)COc3cccc(C)c3)c2n1. The first-order valence-corrected chi connectivity index (χ1v) is 11.4. The van der Waals surface area contributed by atoms with Crippen LogP contribution >= 0.6 is 11.8 Å². The minimum absolute atomic E-state index is 0.0245. The van der Waals surface area contributed by atoms with Gasteiger partial charge in [-0.2, -0.15) is 5.10 Å². The fraction of sp³-hybridized carbons (Fsp3) is 0.429. The molecule has 3 heterocycles. The van der Waals surface area contributed by atoms with Gasteiger partial charge in [0.05, 0.1) is 31.3 Å². The number of carbonyl (C=O) groups excluding carboxylic acids is 1. The van der Waals surface area contributed by atoms with Gasteiger partial charge in [0.15, 0.2) is 17.4 Å². The highest BCUT2D eigenvalue weighted by molar-refractivity contribution is 7.98. The van der Waals surface area contributed by atoms with Crippen LogP contribution in [-0.4, -0.2) is 71.4 Å². The molecule has 1 N–H and O–H groups in total. The van der Waals surface area contributed by atoms with E-state index in [1.807, 2.05) is 42.1 Å². The van der Waals surface area contributed by atoms with Crippen LogP contribution in [0.3, 0.4) is 0 Å². The van der Waals surface area contributed by atoms with Crippen molar-refractivity contribution >= 4 is 34.5 Å². The molecule has 2 aromatic heterocycles. The summed E-state index contributed by atoms with van der Waals surface area (Å²) in [5.41, 5.74) is 1.86. The second-order valence-electron chi connectivity index (χ2n) is 7.19. The lowest BCUT2D eigenvalue weighted by molar-refractivity contribution is -0.123. The number of anilines is 1. The van der Waals surface area contributed by atoms with E-state index < -0.39 is 0 Å². The van der Waals surface area contributed by atoms with E-state index in [0.29, 0.717) is 37.2 Å². The highest BCUT2D eigenvalue weighted by Crippen LogP contribution is 2.27. The van der Waals surface area contributed by atoms with E-state index in [1.54, 1.807) is 6.20 Å². The molecule has 0 atom stereocenters. The quantitative estimate of drug-likeness (QED) is 0.418. The second kappa shape index (κ2) is 9.97. The van der Waals surface area contributed by atoms with E-state index >= 15 is 0 Å². The number of benzene rings is 1. The lowest BCUT2D eigenvalue weighted by Gasteiger charge is -2.28. The maximum atomic E-state index is 12.1. The maximum Gasteiger partial charge on any atom is 0.258 e. The molecule has 1 aromatic carbocycles. The van der Waals surface area contributed by atoms with Crippen molar-refractivity contribution < 1.29 is 14.3 Å². The molecule has 3 aromatic rings. The number of aromatic nitrogens is 4. The third kappa shape index (κ3) is 5.26. The Morgan fingerprint density at radius 2 is 2.13 bits per heavy atom. The summed E-state index contributed by atoms with van der Waals surface area (Å²) in [7, 11) is 0. The molecule has 1 saturated heterocycles. The summed E-state index contributed by atoms with van der Waals surface area (Å²) in [4.78, 5) is 23.7. The molecule has 0 radical (unpaired) electrons. The van der Waals surface area contributed by atoms with Crippen LogP contribution in [0.4, 0.5) is 5.82 Å². The molecule has 4 rings (SSSR count). The van der Waals surface area contributed by atoms with Gasteiger partial charge >= 0.3 is 0 Å². The third-order valence-electron chi connectivity index (χ3n) is 4.95. The first kappa shape index (κ1) is 21.4. The summed E-state index contributed by atoms with van der Waals surface area (Å²) in [6.07, 6.45) is 3.76. The van der Waals surface area contributed by atoms with Crippen molar-refractivity contribution in [1.82, 2.24) is 25.1 Å². The molecule has 9 nitrogen and oxygen atoms in total. The number of fused-ring (bicyclic) bond motifs is 1. The minimum atomic E-state index is -0.175. The fourth-order valence-corrected chi connectivity index (χ4v) is 3.75. The normalized spacial score (nSPS) is 14.1. The molecule has 31 heavy (non-hydrogen) atoms. The van der Waals surface area contributed by atoms with Gasteiger partial charge in [-0.15, -0.1) is 0 Å². The maximum absolute atomic E-state index is 12.1. The average molecular weight is 443 g/mol. The summed E-state index contributed by atoms with van der Waals surface area (Å²) >= 11 is 1.50. The first-order valence-electron chi connectivity index (χ1n) is 10.2. The fourth-order valence-electron chi connectivity index (χ4n) is 3.40. The van der Waals surface area contributed by atoms with Gasteiger partial charge in [-0.3, -0.25) is 4.79 Å². The molecule has 1 aliphatic heterocycles. The summed E-state index contributed by atoms with van der Waals surface area (Å²) in [6.45, 7) is 5.85. The van der Waals surface area contributed by atoms with Crippen molar-refractivity contribution in [2.24, 2.45) is 0 Å². The van der Waals surface area contributed by atoms with E-state index in [1.165, 1.54) is 11.8 Å². The molecule has 1 amide bonds. The molecular formula is C21H26N6O3S. The Morgan fingerprint density at radius 1 is 1.29 bits per heavy atom. The Hall–Kier alpha value is -2.85. The van der Waals surface area contributed by atoms with E-state index in [0.717, 1.165) is 35.5 Å². The molecule has 0 spiro atoms. The van der Waals surface area contributed by atoms with Crippen molar-refractivity contribution in [3.05, 3.63) is 36.0 Å². The Labute approximate surface area is 185 Å². The van der Waals surface area contributed by atoms with Crippen LogP contribution in [0.1, 0.15) is 5.56 Å². The second-order valence-corrected chi connectivity index (χ2v) is 7.97. The molecule has 164 valence electrons. The highest BCUT2D eigenvalue weighted by Gasteiger charge is 2.20. The summed E-state index contributed by atoms with van der Waals surface area (Å²) in [6, 6.07) is 7.63. The number of rotatable bonds is 8. The topological polar surface area (TPSA) is 94.4 Å². The molecule has 10 heteroatoms. The standard InChI is InChI=1S/C21H26N6O3S/c1-15-4-3-5-16(12-15)30-14-18(28)22-6-7-27-20-17(13-23-27)19(24-21(25-20)31-2)26-8-10-29-11-9-26/h3-5,12-13H,6-11,14H2,1-2H3,(H,22,28). The van der Waals surface area contributed by atoms with Crippen LogP contribution in [0, 0.1) is 6.92 Å². The van der Waals surface area contributed by atoms with Crippen LogP contribution in [0.15, 0.2) is 35.6 Å². The van der Waals surface area contributed by atoms with E-state index in [4.69, 9.17) is 14.5 Å². The Bertz CT molecular complexity index is 1050. The molecule has 1 fully saturated rings. The Kier molecular flexibility index (Phi) is 6.88. The van der Waals surface area contributed by atoms with Crippen LogP contribution in [0.2, 0.25) is 0 Å². The zero-order chi connectivity index (χ0) is 21.6. The molecule has 0 aliphatic carbocycles. The number of hydrogen-bond donors (Lipinski definition) is 1. The van der Waals surface area contributed by atoms with Gasteiger partial charge in [0, 0.05) is 19.6 Å². The van der Waals surface area contributed by atoms with E-state index in [2.05, 4.69) is 20.3 Å². The third-order valence-corrected chi connectivity index (χ3v) is 5.50. The van der Waals surface area contributed by atoms with Gasteiger partial charge in [-0.05, 0) is 30.9 Å².